The van der Waals surface area contributed by atoms with E-state index in [4.69, 9.17) is 21.1 Å². The van der Waals surface area contributed by atoms with E-state index in [1.54, 1.807) is 0 Å². The summed E-state index contributed by atoms with van der Waals surface area (Å²) in [6, 6.07) is 5.86. The molecule has 1 amide bonds. The zero-order valence-corrected chi connectivity index (χ0v) is 15.8. The lowest BCUT2D eigenvalue weighted by Gasteiger charge is -2.11. The lowest BCUT2D eigenvalue weighted by atomic mass is 10.1. The van der Waals surface area contributed by atoms with Crippen LogP contribution < -0.4 is 10.1 Å². The summed E-state index contributed by atoms with van der Waals surface area (Å²) in [5.41, 5.74) is 1.77. The van der Waals surface area contributed by atoms with Gasteiger partial charge in [-0.05, 0) is 37.8 Å². The number of rotatable bonds is 7. The number of hydrogen-bond donors (Lipinski definition) is 2. The maximum Gasteiger partial charge on any atom is 0.226 e. The highest BCUT2D eigenvalue weighted by atomic mass is 35.5. The van der Waals surface area contributed by atoms with Crippen LogP contribution in [0.25, 0.3) is 10.9 Å². The van der Waals surface area contributed by atoms with E-state index in [-0.39, 0.29) is 11.3 Å². The number of nitrogens with one attached hydrogen (secondary N) is 2. The van der Waals surface area contributed by atoms with Gasteiger partial charge in [0.25, 0.3) is 0 Å². The third kappa shape index (κ3) is 3.84. The van der Waals surface area contributed by atoms with Crippen molar-refractivity contribution in [2.45, 2.75) is 51.7 Å². The van der Waals surface area contributed by atoms with Crippen LogP contribution in [0.1, 0.15) is 44.7 Å². The molecule has 1 saturated heterocycles. The van der Waals surface area contributed by atoms with Crippen molar-refractivity contribution in [2.75, 3.05) is 13.2 Å². The van der Waals surface area contributed by atoms with E-state index in [0.29, 0.717) is 30.0 Å². The van der Waals surface area contributed by atoms with E-state index >= 15 is 0 Å². The van der Waals surface area contributed by atoms with Crippen LogP contribution in [0.3, 0.4) is 0 Å². The fourth-order valence-electron chi connectivity index (χ4n) is 3.37. The molecule has 1 aromatic heterocycles. The molecule has 0 spiro atoms. The van der Waals surface area contributed by atoms with Crippen LogP contribution in [0.15, 0.2) is 18.2 Å². The summed E-state index contributed by atoms with van der Waals surface area (Å²) in [5.74, 6) is 0.812. The number of amides is 1. The average Bonchev–Trinajstić information content (AvgIpc) is 3.02. The molecule has 6 heteroatoms. The van der Waals surface area contributed by atoms with E-state index in [2.05, 4.69) is 10.3 Å². The Labute approximate surface area is 158 Å². The van der Waals surface area contributed by atoms with Crippen molar-refractivity contribution in [1.82, 2.24) is 10.3 Å². The Morgan fingerprint density at radius 2 is 2.27 bits per heavy atom. The van der Waals surface area contributed by atoms with Gasteiger partial charge in [-0.15, -0.1) is 0 Å². The summed E-state index contributed by atoms with van der Waals surface area (Å²) in [5, 5.41) is 4.63. The lowest BCUT2D eigenvalue weighted by molar-refractivity contribution is -0.125. The Hall–Kier alpha value is -1.72. The molecule has 0 unspecified atom stereocenters. The first-order valence-electron chi connectivity index (χ1n) is 9.37. The third-order valence-corrected chi connectivity index (χ3v) is 5.73. The molecule has 2 aliphatic rings. The van der Waals surface area contributed by atoms with Gasteiger partial charge in [-0.3, -0.25) is 4.79 Å². The van der Waals surface area contributed by atoms with Crippen molar-refractivity contribution in [3.63, 3.8) is 0 Å². The molecule has 2 aromatic rings. The highest BCUT2D eigenvalue weighted by Crippen LogP contribution is 2.45. The van der Waals surface area contributed by atoms with Gasteiger partial charge in [0.05, 0.1) is 24.3 Å². The molecular weight excluding hydrogens is 352 g/mol. The topological polar surface area (TPSA) is 63.4 Å². The minimum absolute atomic E-state index is 0.132. The van der Waals surface area contributed by atoms with Crippen molar-refractivity contribution < 1.29 is 14.3 Å². The largest absolute Gasteiger partial charge is 0.492 e. The third-order valence-electron chi connectivity index (χ3n) is 5.44. The van der Waals surface area contributed by atoms with Gasteiger partial charge in [0.15, 0.2) is 0 Å². The maximum absolute atomic E-state index is 12.1. The van der Waals surface area contributed by atoms with E-state index in [1.165, 1.54) is 0 Å². The predicted octanol–water partition coefficient (Wildman–Crippen LogP) is 4.19. The lowest BCUT2D eigenvalue weighted by Crippen LogP contribution is -2.29. The van der Waals surface area contributed by atoms with Crippen LogP contribution in [0.4, 0.5) is 0 Å². The van der Waals surface area contributed by atoms with Gasteiger partial charge >= 0.3 is 0 Å². The van der Waals surface area contributed by atoms with Crippen molar-refractivity contribution >= 4 is 28.4 Å². The summed E-state index contributed by atoms with van der Waals surface area (Å²) in [7, 11) is 0. The molecule has 1 saturated carbocycles. The molecule has 2 N–H and O–H groups in total. The molecular formula is C20H25ClN2O3. The minimum atomic E-state index is -0.153. The zero-order chi connectivity index (χ0) is 18.1. The highest BCUT2D eigenvalue weighted by Gasteiger charge is 2.44. The molecule has 4 rings (SSSR count). The first-order valence-corrected chi connectivity index (χ1v) is 9.75. The van der Waals surface area contributed by atoms with Crippen LogP contribution in [0.2, 0.25) is 5.02 Å². The average molecular weight is 377 g/mol. The summed E-state index contributed by atoms with van der Waals surface area (Å²) in [6.07, 6.45) is 5.40. The van der Waals surface area contributed by atoms with E-state index in [1.807, 2.05) is 25.1 Å². The van der Waals surface area contributed by atoms with Crippen LogP contribution in [0.5, 0.6) is 5.75 Å². The van der Waals surface area contributed by atoms with Gasteiger partial charge in [0, 0.05) is 41.1 Å². The summed E-state index contributed by atoms with van der Waals surface area (Å²) in [4.78, 5) is 15.4. The van der Waals surface area contributed by atoms with Crippen molar-refractivity contribution in [3.05, 3.63) is 28.9 Å². The Balaban J connectivity index is 1.38. The first-order chi connectivity index (χ1) is 12.5. The van der Waals surface area contributed by atoms with Crippen LogP contribution >= 0.6 is 11.6 Å². The first kappa shape index (κ1) is 17.7. The molecule has 5 nitrogen and oxygen atoms in total. The Morgan fingerprint density at radius 1 is 1.42 bits per heavy atom. The molecule has 2 fully saturated rings. The minimum Gasteiger partial charge on any atom is -0.492 e. The number of benzene rings is 1. The summed E-state index contributed by atoms with van der Waals surface area (Å²) >= 11 is 6.36. The molecule has 1 atom stereocenters. The monoisotopic (exact) mass is 376 g/mol. The number of halogens is 1. The van der Waals surface area contributed by atoms with Gasteiger partial charge in [0.1, 0.15) is 5.75 Å². The van der Waals surface area contributed by atoms with Gasteiger partial charge in [-0.1, -0.05) is 18.5 Å². The van der Waals surface area contributed by atoms with Crippen molar-refractivity contribution in [3.8, 4) is 5.75 Å². The second-order valence-electron chi connectivity index (χ2n) is 7.68. The molecule has 2 heterocycles. The van der Waals surface area contributed by atoms with Crippen LogP contribution in [-0.2, 0) is 16.1 Å². The maximum atomic E-state index is 12.1. The Morgan fingerprint density at radius 3 is 3.00 bits per heavy atom. The number of H-pyrrole nitrogens is 1. The van der Waals surface area contributed by atoms with Crippen LogP contribution in [0, 0.1) is 5.41 Å². The summed E-state index contributed by atoms with van der Waals surface area (Å²) < 4.78 is 11.5. The number of ether oxygens (including phenoxy) is 2. The predicted molar refractivity (Wildman–Crippen MR) is 102 cm³/mol. The Bertz CT molecular complexity index is 807. The van der Waals surface area contributed by atoms with Crippen molar-refractivity contribution in [1.29, 1.82) is 0 Å². The normalized spacial score (nSPS) is 21.1. The SMILES string of the molecule is CC1(C(=O)NCc2cc3cc(Cl)c(OCC[C@@H]4CCCO4)cc3[nH]2)CC1. The number of hydrogen-bond acceptors (Lipinski definition) is 3. The second kappa shape index (κ2) is 7.12. The molecule has 1 aromatic carbocycles. The molecule has 1 aliphatic carbocycles. The summed E-state index contributed by atoms with van der Waals surface area (Å²) in [6.45, 7) is 3.96. The van der Waals surface area contributed by atoms with Gasteiger partial charge in [0.2, 0.25) is 5.91 Å². The molecule has 0 radical (unpaired) electrons. The van der Waals surface area contributed by atoms with Crippen LogP contribution in [-0.4, -0.2) is 30.2 Å². The van der Waals surface area contributed by atoms with E-state index in [0.717, 1.165) is 55.3 Å². The van der Waals surface area contributed by atoms with Gasteiger partial charge in [-0.2, -0.15) is 0 Å². The van der Waals surface area contributed by atoms with Gasteiger partial charge in [-0.25, -0.2) is 0 Å². The molecule has 1 aliphatic heterocycles. The number of carbonyl (C=O) groups excluding carboxylic acids is 1. The number of carbonyl (C=O) groups is 1. The molecule has 140 valence electrons. The fraction of sp³-hybridized carbons (Fsp3) is 0.550. The van der Waals surface area contributed by atoms with Gasteiger partial charge < -0.3 is 19.8 Å². The number of fused-ring (bicyclic) bond motifs is 1. The van der Waals surface area contributed by atoms with E-state index in [9.17, 15) is 4.79 Å². The molecule has 26 heavy (non-hydrogen) atoms. The smallest absolute Gasteiger partial charge is 0.226 e. The fourth-order valence-corrected chi connectivity index (χ4v) is 3.60. The van der Waals surface area contributed by atoms with E-state index < -0.39 is 0 Å². The number of aromatic nitrogens is 1. The second-order valence-corrected chi connectivity index (χ2v) is 8.09. The standard InChI is InChI=1S/C20H25ClN2O3/c1-20(5-6-20)19(24)22-12-14-9-13-10-16(21)18(11-17(13)23-14)26-8-4-15-3-2-7-25-15/h9-11,15,23H,2-8,12H2,1H3,(H,22,24)/t15-/m0/s1. The highest BCUT2D eigenvalue weighted by molar-refractivity contribution is 6.32. The Kier molecular flexibility index (Phi) is 4.84. The number of aromatic amines is 1. The quantitative estimate of drug-likeness (QED) is 0.761. The van der Waals surface area contributed by atoms with Crippen molar-refractivity contribution in [2.24, 2.45) is 5.41 Å². The molecule has 0 bridgehead atoms. The zero-order valence-electron chi connectivity index (χ0n) is 15.1.